The summed E-state index contributed by atoms with van der Waals surface area (Å²) in [6, 6.07) is -4.34. The molecule has 6 nitrogen and oxygen atoms in total. The van der Waals surface area contributed by atoms with Gasteiger partial charge in [0.05, 0.1) is 0 Å². The van der Waals surface area contributed by atoms with Gasteiger partial charge in [-0.25, -0.2) is 0 Å². The lowest BCUT2D eigenvalue weighted by molar-refractivity contribution is -0.207. The number of alkyl halides is 6. The minimum absolute atomic E-state index is 0.0344. The van der Waals surface area contributed by atoms with Crippen molar-refractivity contribution >= 4 is 23.6 Å². The summed E-state index contributed by atoms with van der Waals surface area (Å²) in [7, 11) is 0. The first-order chi connectivity index (χ1) is 12.6. The molecule has 4 unspecified atom stereocenters. The third kappa shape index (κ3) is 4.30. The average molecular weight is 418 g/mol. The molecule has 0 aromatic rings. The molecule has 0 bridgehead atoms. The predicted molar refractivity (Wildman–Crippen MR) is 82.3 cm³/mol. The summed E-state index contributed by atoms with van der Waals surface area (Å²) in [6.07, 6.45) is -11.1. The van der Waals surface area contributed by atoms with E-state index in [9.17, 15) is 45.5 Å². The maximum Gasteiger partial charge on any atom is 0.471 e. The Kier molecular flexibility index (Phi) is 6.89. The molecule has 0 radical (unpaired) electrons. The van der Waals surface area contributed by atoms with Crippen LogP contribution in [-0.4, -0.2) is 57.9 Å². The van der Waals surface area contributed by atoms with E-state index in [1.54, 1.807) is 0 Å². The SMILES string of the molecule is CCC(C)C1C(=O)N(C(=O)C(F)(F)F)C(C(C)CC)C(=O)N1C(=O)C(F)(F)F. The van der Waals surface area contributed by atoms with E-state index in [2.05, 4.69) is 0 Å². The second kappa shape index (κ2) is 8.08. The van der Waals surface area contributed by atoms with Gasteiger partial charge in [0.25, 0.3) is 11.8 Å². The zero-order valence-electron chi connectivity index (χ0n) is 15.5. The number of hydrogen-bond acceptors (Lipinski definition) is 4. The van der Waals surface area contributed by atoms with Gasteiger partial charge in [-0.1, -0.05) is 40.5 Å². The molecule has 28 heavy (non-hydrogen) atoms. The number of piperazine rings is 1. The van der Waals surface area contributed by atoms with Crippen molar-refractivity contribution < 1.29 is 45.5 Å². The molecule has 0 spiro atoms. The van der Waals surface area contributed by atoms with E-state index in [4.69, 9.17) is 0 Å². The van der Waals surface area contributed by atoms with E-state index in [-0.39, 0.29) is 22.6 Å². The van der Waals surface area contributed by atoms with Gasteiger partial charge in [-0.3, -0.25) is 29.0 Å². The third-order valence-corrected chi connectivity index (χ3v) is 4.83. The van der Waals surface area contributed by atoms with Crippen LogP contribution in [0.1, 0.15) is 40.5 Å². The lowest BCUT2D eigenvalue weighted by Crippen LogP contribution is -2.72. The molecule has 1 heterocycles. The first-order valence-corrected chi connectivity index (χ1v) is 8.49. The van der Waals surface area contributed by atoms with E-state index in [1.165, 1.54) is 27.7 Å². The van der Waals surface area contributed by atoms with Crippen LogP contribution in [0.25, 0.3) is 0 Å². The van der Waals surface area contributed by atoms with Crippen LogP contribution in [0.2, 0.25) is 0 Å². The lowest BCUT2D eigenvalue weighted by atomic mass is 9.87. The largest absolute Gasteiger partial charge is 0.471 e. The Hall–Kier alpha value is -2.14. The van der Waals surface area contributed by atoms with Gasteiger partial charge >= 0.3 is 24.2 Å². The number of carbonyl (C=O) groups excluding carboxylic acids is 4. The topological polar surface area (TPSA) is 74.8 Å². The van der Waals surface area contributed by atoms with Gasteiger partial charge < -0.3 is 0 Å². The standard InChI is InChI=1S/C16H20F6N2O4/c1-5-7(3)9-11(25)24(14(28)16(20,21)22)10(8(4)6-2)12(26)23(9)13(27)15(17,18)19/h7-10H,5-6H2,1-4H3. The number of carbonyl (C=O) groups is 4. The van der Waals surface area contributed by atoms with Gasteiger partial charge in [0.15, 0.2) is 0 Å². The highest BCUT2D eigenvalue weighted by Crippen LogP contribution is 2.35. The van der Waals surface area contributed by atoms with E-state index in [0.717, 1.165) is 0 Å². The van der Waals surface area contributed by atoms with Gasteiger partial charge in [-0.15, -0.1) is 0 Å². The van der Waals surface area contributed by atoms with Gasteiger partial charge in [0, 0.05) is 0 Å². The first-order valence-electron chi connectivity index (χ1n) is 8.49. The molecule has 0 aliphatic carbocycles. The minimum atomic E-state index is -5.53. The van der Waals surface area contributed by atoms with Crippen LogP contribution in [0, 0.1) is 11.8 Å². The van der Waals surface area contributed by atoms with E-state index in [1.807, 2.05) is 0 Å². The predicted octanol–water partition coefficient (Wildman–Crippen LogP) is 2.66. The Morgan fingerprint density at radius 2 is 1.04 bits per heavy atom. The molecule has 0 saturated carbocycles. The average Bonchev–Trinajstić information content (AvgIpc) is 2.58. The molecule has 160 valence electrons. The maximum atomic E-state index is 13.0. The molecule has 1 aliphatic rings. The van der Waals surface area contributed by atoms with Crippen molar-refractivity contribution in [2.24, 2.45) is 11.8 Å². The van der Waals surface area contributed by atoms with Crippen molar-refractivity contribution in [1.29, 1.82) is 0 Å². The Balaban J connectivity index is 3.68. The van der Waals surface area contributed by atoms with Crippen molar-refractivity contribution in [3.05, 3.63) is 0 Å². The Morgan fingerprint density at radius 3 is 1.21 bits per heavy atom. The molecular formula is C16H20F6N2O4. The number of amides is 4. The number of rotatable bonds is 4. The number of nitrogens with zero attached hydrogens (tertiary/aromatic N) is 2. The second-order valence-corrected chi connectivity index (χ2v) is 6.68. The van der Waals surface area contributed by atoms with Crippen LogP contribution >= 0.6 is 0 Å². The Labute approximate surface area is 156 Å². The van der Waals surface area contributed by atoms with Crippen molar-refractivity contribution in [1.82, 2.24) is 9.80 Å². The second-order valence-electron chi connectivity index (χ2n) is 6.68. The summed E-state index contributed by atoms with van der Waals surface area (Å²) in [4.78, 5) is 48.5. The monoisotopic (exact) mass is 418 g/mol. The normalized spacial score (nSPS) is 23.6. The van der Waals surface area contributed by atoms with E-state index < -0.39 is 59.9 Å². The molecular weight excluding hydrogens is 398 g/mol. The van der Waals surface area contributed by atoms with Crippen molar-refractivity contribution in [3.8, 4) is 0 Å². The third-order valence-electron chi connectivity index (χ3n) is 4.83. The molecule has 4 atom stereocenters. The number of hydrogen-bond donors (Lipinski definition) is 0. The molecule has 4 amide bonds. The van der Waals surface area contributed by atoms with E-state index >= 15 is 0 Å². The van der Waals surface area contributed by atoms with Gasteiger partial charge in [-0.05, 0) is 11.8 Å². The van der Waals surface area contributed by atoms with E-state index in [0.29, 0.717) is 0 Å². The van der Waals surface area contributed by atoms with Crippen LogP contribution in [0.15, 0.2) is 0 Å². The summed E-state index contributed by atoms with van der Waals surface area (Å²) < 4.78 is 78.1. The van der Waals surface area contributed by atoms with Crippen molar-refractivity contribution in [2.75, 3.05) is 0 Å². The smallest absolute Gasteiger partial charge is 0.272 e. The highest BCUT2D eigenvalue weighted by atomic mass is 19.4. The molecule has 12 heteroatoms. The molecule has 1 fully saturated rings. The molecule has 0 aromatic heterocycles. The van der Waals surface area contributed by atoms with Gasteiger partial charge in [0.2, 0.25) is 0 Å². The van der Waals surface area contributed by atoms with Gasteiger partial charge in [-0.2, -0.15) is 26.3 Å². The van der Waals surface area contributed by atoms with Crippen LogP contribution in [0.4, 0.5) is 26.3 Å². The minimum Gasteiger partial charge on any atom is -0.272 e. The molecule has 1 rings (SSSR count). The highest BCUT2D eigenvalue weighted by molar-refractivity contribution is 6.13. The fraction of sp³-hybridized carbons (Fsp3) is 0.750. The van der Waals surface area contributed by atoms with Crippen LogP contribution in [0.5, 0.6) is 0 Å². The fourth-order valence-corrected chi connectivity index (χ4v) is 2.95. The number of imide groups is 2. The van der Waals surface area contributed by atoms with Crippen LogP contribution in [0.3, 0.4) is 0 Å². The van der Waals surface area contributed by atoms with Crippen molar-refractivity contribution in [2.45, 2.75) is 65.0 Å². The highest BCUT2D eigenvalue weighted by Gasteiger charge is 2.61. The van der Waals surface area contributed by atoms with Gasteiger partial charge in [0.1, 0.15) is 12.1 Å². The number of halogens is 6. The summed E-state index contributed by atoms with van der Waals surface area (Å²) in [5, 5.41) is 0. The summed E-state index contributed by atoms with van der Waals surface area (Å²) >= 11 is 0. The molecule has 1 saturated heterocycles. The molecule has 0 N–H and O–H groups in total. The van der Waals surface area contributed by atoms with Crippen LogP contribution in [-0.2, 0) is 19.2 Å². The summed E-state index contributed by atoms with van der Waals surface area (Å²) in [6.45, 7) is 5.23. The first kappa shape index (κ1) is 23.9. The Bertz CT molecular complexity index is 605. The maximum absolute atomic E-state index is 13.0. The summed E-state index contributed by atoms with van der Waals surface area (Å²) in [5.74, 6) is -10.8. The van der Waals surface area contributed by atoms with Crippen LogP contribution < -0.4 is 0 Å². The lowest BCUT2D eigenvalue weighted by Gasteiger charge is -2.46. The zero-order chi connectivity index (χ0) is 22.2. The Morgan fingerprint density at radius 1 is 0.786 bits per heavy atom. The summed E-state index contributed by atoms with van der Waals surface area (Å²) in [5.41, 5.74) is 0. The molecule has 1 aliphatic heterocycles. The van der Waals surface area contributed by atoms with Crippen molar-refractivity contribution in [3.63, 3.8) is 0 Å². The zero-order valence-corrected chi connectivity index (χ0v) is 15.5. The fourth-order valence-electron chi connectivity index (χ4n) is 2.95. The quantitative estimate of drug-likeness (QED) is 0.658. The molecule has 0 aromatic carbocycles.